The van der Waals surface area contributed by atoms with Crippen LogP contribution in [-0.2, 0) is 5.75 Å². The topological polar surface area (TPSA) is 84.2 Å². The first-order valence-electron chi connectivity index (χ1n) is 5.76. The molecule has 0 amide bonds. The molecule has 0 aliphatic carbocycles. The highest BCUT2D eigenvalue weighted by Gasteiger charge is 2.43. The van der Waals surface area contributed by atoms with Crippen molar-refractivity contribution in [2.45, 2.75) is 16.9 Å². The van der Waals surface area contributed by atoms with Crippen LogP contribution in [-0.4, -0.2) is 16.3 Å². The lowest BCUT2D eigenvalue weighted by Gasteiger charge is -2.04. The van der Waals surface area contributed by atoms with Crippen molar-refractivity contribution in [2.24, 2.45) is 0 Å². The summed E-state index contributed by atoms with van der Waals surface area (Å²) in [5.74, 6) is 0.281. The van der Waals surface area contributed by atoms with Crippen LogP contribution in [0, 0.1) is 0 Å². The molecule has 0 saturated carbocycles. The number of H-pyrrole nitrogens is 2. The van der Waals surface area contributed by atoms with Crippen molar-refractivity contribution < 1.29 is 18.3 Å². The van der Waals surface area contributed by atoms with Crippen LogP contribution >= 0.6 is 11.8 Å². The first kappa shape index (κ1) is 13.7. The number of aromatic amines is 2. The number of nitrogens with one attached hydrogen (secondary N) is 2. The molecule has 0 unspecified atom stereocenters. The molecule has 0 bridgehead atoms. The Bertz CT molecular complexity index is 802. The summed E-state index contributed by atoms with van der Waals surface area (Å²) >= 11 is 1.28. The van der Waals surface area contributed by atoms with Crippen molar-refractivity contribution in [3.05, 3.63) is 50.8 Å². The Hall–Kier alpha value is -2.29. The minimum Gasteiger partial charge on any atom is -0.395 e. The van der Waals surface area contributed by atoms with Crippen LogP contribution in [0.15, 0.2) is 38.9 Å². The second-order valence-corrected chi connectivity index (χ2v) is 5.21. The Morgan fingerprint density at radius 2 is 1.90 bits per heavy atom. The number of ether oxygens (including phenoxy) is 2. The van der Waals surface area contributed by atoms with Crippen LogP contribution in [0.3, 0.4) is 0 Å². The quantitative estimate of drug-likeness (QED) is 0.665. The van der Waals surface area contributed by atoms with E-state index in [0.717, 1.165) is 0 Å². The molecule has 1 aromatic heterocycles. The highest BCUT2D eigenvalue weighted by atomic mass is 32.2. The second kappa shape index (κ2) is 4.92. The monoisotopic (exact) mass is 314 g/mol. The van der Waals surface area contributed by atoms with Crippen molar-refractivity contribution in [2.75, 3.05) is 0 Å². The summed E-state index contributed by atoms with van der Waals surface area (Å²) in [6.45, 7) is 0. The van der Waals surface area contributed by atoms with Crippen molar-refractivity contribution in [1.82, 2.24) is 9.97 Å². The van der Waals surface area contributed by atoms with Crippen LogP contribution in [0.1, 0.15) is 5.69 Å². The van der Waals surface area contributed by atoms with E-state index in [1.165, 1.54) is 30.1 Å². The van der Waals surface area contributed by atoms with Crippen LogP contribution in [0.25, 0.3) is 0 Å². The molecule has 0 saturated heterocycles. The molecular weight excluding hydrogens is 306 g/mol. The molecule has 2 aromatic rings. The minimum atomic E-state index is -3.64. The number of hydrogen-bond acceptors (Lipinski definition) is 5. The molecule has 1 aromatic carbocycles. The van der Waals surface area contributed by atoms with E-state index in [1.54, 1.807) is 6.07 Å². The molecule has 2 N–H and O–H groups in total. The van der Waals surface area contributed by atoms with Gasteiger partial charge in [-0.1, -0.05) is 0 Å². The van der Waals surface area contributed by atoms with Crippen molar-refractivity contribution in [3.8, 4) is 11.5 Å². The lowest BCUT2D eigenvalue weighted by molar-refractivity contribution is -0.286. The fourth-order valence-corrected chi connectivity index (χ4v) is 2.55. The van der Waals surface area contributed by atoms with E-state index in [2.05, 4.69) is 19.4 Å². The van der Waals surface area contributed by atoms with Crippen molar-refractivity contribution >= 4 is 11.8 Å². The Labute approximate surface area is 120 Å². The lowest BCUT2D eigenvalue weighted by atomic mass is 10.3. The SMILES string of the molecule is O=c1[nH]cc(CSc2ccc3c(c2)OC(F)(F)O3)[nH]c1=O. The third kappa shape index (κ3) is 2.92. The molecule has 6 nitrogen and oxygen atoms in total. The molecule has 1 aliphatic rings. The van der Waals surface area contributed by atoms with E-state index in [9.17, 15) is 18.4 Å². The summed E-state index contributed by atoms with van der Waals surface area (Å²) in [5, 5.41) is 0. The highest BCUT2D eigenvalue weighted by molar-refractivity contribution is 7.98. The molecular formula is C12H8F2N2O4S. The van der Waals surface area contributed by atoms with Crippen LogP contribution in [0.5, 0.6) is 11.5 Å². The predicted molar refractivity (Wildman–Crippen MR) is 69.9 cm³/mol. The van der Waals surface area contributed by atoms with Crippen LogP contribution < -0.4 is 20.6 Å². The third-order valence-corrected chi connectivity index (χ3v) is 3.67. The maximum atomic E-state index is 12.9. The van der Waals surface area contributed by atoms with Gasteiger partial charge in [0.2, 0.25) is 0 Å². The highest BCUT2D eigenvalue weighted by Crippen LogP contribution is 2.42. The van der Waals surface area contributed by atoms with Crippen LogP contribution in [0.2, 0.25) is 0 Å². The average Bonchev–Trinajstić information content (AvgIpc) is 2.73. The molecule has 2 heterocycles. The summed E-state index contributed by atoms with van der Waals surface area (Å²) in [6.07, 6.45) is -2.26. The fourth-order valence-electron chi connectivity index (χ4n) is 1.71. The number of fused-ring (bicyclic) bond motifs is 1. The first-order valence-corrected chi connectivity index (χ1v) is 6.75. The number of benzene rings is 1. The molecule has 0 radical (unpaired) electrons. The number of aromatic nitrogens is 2. The van der Waals surface area contributed by atoms with Crippen molar-refractivity contribution in [3.63, 3.8) is 0 Å². The maximum absolute atomic E-state index is 12.9. The Morgan fingerprint density at radius 1 is 1.14 bits per heavy atom. The number of thioether (sulfide) groups is 1. The van der Waals surface area contributed by atoms with Gasteiger partial charge in [-0.05, 0) is 18.2 Å². The molecule has 0 atom stereocenters. The number of rotatable bonds is 3. The predicted octanol–water partition coefficient (Wildman–Crippen LogP) is 1.68. The van der Waals surface area contributed by atoms with Gasteiger partial charge in [-0.25, -0.2) is 0 Å². The first-order chi connectivity index (χ1) is 9.93. The summed E-state index contributed by atoms with van der Waals surface area (Å²) in [5.41, 5.74) is -0.958. The average molecular weight is 314 g/mol. The zero-order chi connectivity index (χ0) is 15.0. The van der Waals surface area contributed by atoms with E-state index < -0.39 is 17.4 Å². The molecule has 21 heavy (non-hydrogen) atoms. The number of halogens is 2. The Kier molecular flexibility index (Phi) is 3.20. The smallest absolute Gasteiger partial charge is 0.395 e. The molecule has 0 fully saturated rings. The van der Waals surface area contributed by atoms with Gasteiger partial charge >= 0.3 is 17.4 Å². The summed E-state index contributed by atoms with van der Waals surface area (Å²) in [6, 6.07) is 4.40. The summed E-state index contributed by atoms with van der Waals surface area (Å²) in [7, 11) is 0. The van der Waals surface area contributed by atoms with Gasteiger partial charge in [-0.3, -0.25) is 9.59 Å². The van der Waals surface area contributed by atoms with Gasteiger partial charge in [0.05, 0.1) is 0 Å². The lowest BCUT2D eigenvalue weighted by Crippen LogP contribution is -2.29. The van der Waals surface area contributed by atoms with E-state index in [1.807, 2.05) is 0 Å². The zero-order valence-electron chi connectivity index (χ0n) is 10.3. The molecule has 1 aliphatic heterocycles. The van der Waals surface area contributed by atoms with Gasteiger partial charge in [-0.15, -0.1) is 20.5 Å². The largest absolute Gasteiger partial charge is 0.586 e. The van der Waals surface area contributed by atoms with Gasteiger partial charge in [0.25, 0.3) is 0 Å². The van der Waals surface area contributed by atoms with Crippen LogP contribution in [0.4, 0.5) is 8.78 Å². The minimum absolute atomic E-state index is 0.0261. The van der Waals surface area contributed by atoms with Gasteiger partial charge in [-0.2, -0.15) is 0 Å². The third-order valence-electron chi connectivity index (χ3n) is 2.62. The Morgan fingerprint density at radius 3 is 2.67 bits per heavy atom. The second-order valence-electron chi connectivity index (χ2n) is 4.16. The maximum Gasteiger partial charge on any atom is 0.586 e. The van der Waals surface area contributed by atoms with Gasteiger partial charge in [0, 0.05) is 22.5 Å². The molecule has 0 spiro atoms. The van der Waals surface area contributed by atoms with Gasteiger partial charge in [0.15, 0.2) is 11.5 Å². The summed E-state index contributed by atoms with van der Waals surface area (Å²) in [4.78, 5) is 27.4. The Balaban J connectivity index is 1.73. The summed E-state index contributed by atoms with van der Waals surface area (Å²) < 4.78 is 34.4. The molecule has 9 heteroatoms. The van der Waals surface area contributed by atoms with Gasteiger partial charge < -0.3 is 19.4 Å². The van der Waals surface area contributed by atoms with E-state index >= 15 is 0 Å². The van der Waals surface area contributed by atoms with Crippen molar-refractivity contribution in [1.29, 1.82) is 0 Å². The zero-order valence-corrected chi connectivity index (χ0v) is 11.1. The normalized spacial score (nSPS) is 15.1. The van der Waals surface area contributed by atoms with E-state index in [-0.39, 0.29) is 11.5 Å². The number of hydrogen-bond donors (Lipinski definition) is 2. The molecule has 110 valence electrons. The fraction of sp³-hybridized carbons (Fsp3) is 0.167. The molecule has 3 rings (SSSR count). The van der Waals surface area contributed by atoms with Gasteiger partial charge in [0.1, 0.15) is 0 Å². The number of alkyl halides is 2. The van der Waals surface area contributed by atoms with E-state index in [0.29, 0.717) is 16.3 Å². The van der Waals surface area contributed by atoms with E-state index in [4.69, 9.17) is 0 Å². The standard InChI is InChI=1S/C12H8F2N2O4S/c13-12(14)19-8-2-1-7(3-9(8)20-12)21-5-6-4-15-10(17)11(18)16-6/h1-4H,5H2,(H,15,17)(H,16,18).